The number of nitriles is 1. The number of carbonyl (C=O) groups excluding carboxylic acids is 1. The second-order valence-corrected chi connectivity index (χ2v) is 3.77. The molecule has 5 nitrogen and oxygen atoms in total. The van der Waals surface area contributed by atoms with Crippen LogP contribution in [0.4, 0.5) is 5.69 Å². The highest BCUT2D eigenvalue weighted by molar-refractivity contribution is 5.79. The maximum absolute atomic E-state index is 11.3. The van der Waals surface area contributed by atoms with Crippen molar-refractivity contribution in [3.63, 3.8) is 0 Å². The van der Waals surface area contributed by atoms with E-state index in [4.69, 9.17) is 5.26 Å². The van der Waals surface area contributed by atoms with E-state index in [1.165, 1.54) is 7.11 Å². The van der Waals surface area contributed by atoms with Crippen molar-refractivity contribution >= 4 is 11.7 Å². The van der Waals surface area contributed by atoms with Crippen LogP contribution in [0.2, 0.25) is 0 Å². The maximum atomic E-state index is 11.3. The summed E-state index contributed by atoms with van der Waals surface area (Å²) in [6.07, 6.45) is 0. The number of pyridine rings is 1. The fourth-order valence-electron chi connectivity index (χ4n) is 1.55. The molecule has 17 heavy (non-hydrogen) atoms. The Balaban J connectivity index is 3.06. The molecule has 1 unspecified atom stereocenters. The van der Waals surface area contributed by atoms with Crippen LogP contribution < -0.4 is 5.32 Å². The molecule has 0 fully saturated rings. The molecule has 0 bridgehead atoms. The number of ether oxygens (including phenoxy) is 1. The molecule has 90 valence electrons. The Morgan fingerprint density at radius 1 is 1.59 bits per heavy atom. The average Bonchev–Trinajstić information content (AvgIpc) is 2.27. The highest BCUT2D eigenvalue weighted by Gasteiger charge is 2.16. The Morgan fingerprint density at radius 2 is 2.24 bits per heavy atom. The predicted octanol–water partition coefficient (Wildman–Crippen LogP) is 1.54. The van der Waals surface area contributed by atoms with Crippen molar-refractivity contribution in [2.75, 3.05) is 12.4 Å². The van der Waals surface area contributed by atoms with Crippen molar-refractivity contribution in [2.24, 2.45) is 0 Å². The minimum Gasteiger partial charge on any atom is -0.467 e. The molecular formula is C12H15N3O2. The van der Waals surface area contributed by atoms with Crippen LogP contribution >= 0.6 is 0 Å². The number of aromatic nitrogens is 1. The van der Waals surface area contributed by atoms with E-state index >= 15 is 0 Å². The van der Waals surface area contributed by atoms with Gasteiger partial charge < -0.3 is 10.1 Å². The van der Waals surface area contributed by atoms with Crippen LogP contribution in [0.3, 0.4) is 0 Å². The second-order valence-electron chi connectivity index (χ2n) is 3.77. The molecule has 1 N–H and O–H groups in total. The van der Waals surface area contributed by atoms with E-state index in [1.54, 1.807) is 19.9 Å². The molecule has 1 atom stereocenters. The number of aryl methyl sites for hydroxylation is 2. The smallest absolute Gasteiger partial charge is 0.327 e. The van der Waals surface area contributed by atoms with E-state index in [2.05, 4.69) is 21.1 Å². The molecule has 0 saturated carbocycles. The van der Waals surface area contributed by atoms with Crippen molar-refractivity contribution in [3.05, 3.63) is 23.0 Å². The topological polar surface area (TPSA) is 75.0 Å². The van der Waals surface area contributed by atoms with Gasteiger partial charge in [0.25, 0.3) is 0 Å². The normalized spacial score (nSPS) is 11.5. The van der Waals surface area contributed by atoms with E-state index in [0.29, 0.717) is 16.9 Å². The molecule has 0 aliphatic rings. The number of nitrogens with one attached hydrogen (secondary N) is 1. The Bertz CT molecular complexity index is 477. The van der Waals surface area contributed by atoms with E-state index in [1.807, 2.05) is 6.92 Å². The summed E-state index contributed by atoms with van der Waals surface area (Å²) in [5.41, 5.74) is 2.50. The van der Waals surface area contributed by atoms with Crippen molar-refractivity contribution in [2.45, 2.75) is 26.8 Å². The summed E-state index contributed by atoms with van der Waals surface area (Å²) < 4.78 is 4.62. The Kier molecular flexibility index (Phi) is 4.05. The molecule has 5 heteroatoms. The third kappa shape index (κ3) is 2.94. The van der Waals surface area contributed by atoms with Crippen LogP contribution in [0.15, 0.2) is 6.07 Å². The largest absolute Gasteiger partial charge is 0.467 e. The molecule has 1 aromatic heterocycles. The third-order valence-electron chi connectivity index (χ3n) is 2.37. The van der Waals surface area contributed by atoms with Gasteiger partial charge in [0.2, 0.25) is 0 Å². The Morgan fingerprint density at radius 3 is 2.76 bits per heavy atom. The number of hydrogen-bond acceptors (Lipinski definition) is 5. The fraction of sp³-hybridized carbons (Fsp3) is 0.417. The Labute approximate surface area is 100 Å². The summed E-state index contributed by atoms with van der Waals surface area (Å²) in [7, 11) is 1.33. The van der Waals surface area contributed by atoms with Crippen molar-refractivity contribution in [1.82, 2.24) is 4.98 Å². The predicted molar refractivity (Wildman–Crippen MR) is 63.5 cm³/mol. The first-order valence-electron chi connectivity index (χ1n) is 5.22. The van der Waals surface area contributed by atoms with Crippen molar-refractivity contribution in [1.29, 1.82) is 5.26 Å². The van der Waals surface area contributed by atoms with Crippen molar-refractivity contribution < 1.29 is 9.53 Å². The zero-order valence-corrected chi connectivity index (χ0v) is 10.4. The summed E-state index contributed by atoms with van der Waals surface area (Å²) in [6.45, 7) is 5.28. The van der Waals surface area contributed by atoms with Crippen LogP contribution in [-0.2, 0) is 9.53 Å². The summed E-state index contributed by atoms with van der Waals surface area (Å²) in [5, 5.41) is 12.0. The zero-order valence-electron chi connectivity index (χ0n) is 10.4. The first-order chi connectivity index (χ1) is 7.99. The molecule has 1 heterocycles. The summed E-state index contributed by atoms with van der Waals surface area (Å²) in [4.78, 5) is 15.5. The second kappa shape index (κ2) is 5.30. The standard InChI is InChI=1S/C12H15N3O2/c1-7-5-11(10(6-13)8(2)14-7)15-9(3)12(16)17-4/h5,9H,1-4H3,(H,14,15). The summed E-state index contributed by atoms with van der Waals surface area (Å²) >= 11 is 0. The molecule has 0 spiro atoms. The van der Waals surface area contributed by atoms with Crippen LogP contribution in [0.1, 0.15) is 23.9 Å². The number of anilines is 1. The summed E-state index contributed by atoms with van der Waals surface area (Å²) in [5.74, 6) is -0.374. The van der Waals surface area contributed by atoms with E-state index < -0.39 is 6.04 Å². The fourth-order valence-corrected chi connectivity index (χ4v) is 1.55. The van der Waals surface area contributed by atoms with Gasteiger partial charge >= 0.3 is 5.97 Å². The first kappa shape index (κ1) is 13.0. The van der Waals surface area contributed by atoms with Gasteiger partial charge in [0.1, 0.15) is 12.1 Å². The van der Waals surface area contributed by atoms with E-state index in [-0.39, 0.29) is 5.97 Å². The molecular weight excluding hydrogens is 218 g/mol. The molecule has 0 aliphatic heterocycles. The van der Waals surface area contributed by atoms with Gasteiger partial charge in [-0.2, -0.15) is 5.26 Å². The first-order valence-corrected chi connectivity index (χ1v) is 5.22. The lowest BCUT2D eigenvalue weighted by Gasteiger charge is -2.15. The van der Waals surface area contributed by atoms with Gasteiger partial charge in [-0.3, -0.25) is 4.98 Å². The monoisotopic (exact) mass is 233 g/mol. The van der Waals surface area contributed by atoms with Gasteiger partial charge in [-0.25, -0.2) is 4.79 Å². The van der Waals surface area contributed by atoms with Gasteiger partial charge in [0, 0.05) is 5.69 Å². The number of carbonyl (C=O) groups is 1. The molecule has 1 aromatic rings. The van der Waals surface area contributed by atoms with Gasteiger partial charge in [0.05, 0.1) is 24.1 Å². The van der Waals surface area contributed by atoms with Gasteiger partial charge in [0.15, 0.2) is 0 Å². The maximum Gasteiger partial charge on any atom is 0.327 e. The lowest BCUT2D eigenvalue weighted by Crippen LogP contribution is -2.27. The molecule has 0 aliphatic carbocycles. The zero-order chi connectivity index (χ0) is 13.0. The summed E-state index contributed by atoms with van der Waals surface area (Å²) in [6, 6.07) is 3.31. The van der Waals surface area contributed by atoms with E-state index in [0.717, 1.165) is 5.69 Å². The number of methoxy groups -OCH3 is 1. The van der Waals surface area contributed by atoms with Gasteiger partial charge in [-0.05, 0) is 26.8 Å². The number of esters is 1. The number of nitrogens with zero attached hydrogens (tertiary/aromatic N) is 2. The molecule has 0 amide bonds. The SMILES string of the molecule is COC(=O)C(C)Nc1cc(C)nc(C)c1C#N. The van der Waals surface area contributed by atoms with Crippen LogP contribution in [-0.4, -0.2) is 24.1 Å². The minimum atomic E-state index is -0.506. The lowest BCUT2D eigenvalue weighted by molar-refractivity contribution is -0.141. The molecule has 0 radical (unpaired) electrons. The molecule has 0 aromatic carbocycles. The Hall–Kier alpha value is -2.09. The lowest BCUT2D eigenvalue weighted by atomic mass is 10.1. The quantitative estimate of drug-likeness (QED) is 0.801. The number of hydrogen-bond donors (Lipinski definition) is 1. The molecule has 1 rings (SSSR count). The van der Waals surface area contributed by atoms with Crippen LogP contribution in [0.5, 0.6) is 0 Å². The highest BCUT2D eigenvalue weighted by Crippen LogP contribution is 2.19. The van der Waals surface area contributed by atoms with Crippen molar-refractivity contribution in [3.8, 4) is 6.07 Å². The average molecular weight is 233 g/mol. The molecule has 0 saturated heterocycles. The van der Waals surface area contributed by atoms with E-state index in [9.17, 15) is 4.79 Å². The van der Waals surface area contributed by atoms with Gasteiger partial charge in [-0.1, -0.05) is 0 Å². The van der Waals surface area contributed by atoms with Crippen LogP contribution in [0.25, 0.3) is 0 Å². The third-order valence-corrected chi connectivity index (χ3v) is 2.37. The van der Waals surface area contributed by atoms with Gasteiger partial charge in [-0.15, -0.1) is 0 Å². The highest BCUT2D eigenvalue weighted by atomic mass is 16.5. The minimum absolute atomic E-state index is 0.374. The van der Waals surface area contributed by atoms with Crippen LogP contribution in [0, 0.1) is 25.2 Å². The number of rotatable bonds is 3.